The summed E-state index contributed by atoms with van der Waals surface area (Å²) in [6.07, 6.45) is 0.566. The van der Waals surface area contributed by atoms with Crippen LogP contribution < -0.4 is 20.1 Å². The monoisotopic (exact) mass is 521 g/mol. The lowest BCUT2D eigenvalue weighted by molar-refractivity contribution is 0.311. The van der Waals surface area contributed by atoms with Gasteiger partial charge in [0.2, 0.25) is 0 Å². The number of hydrogen-bond acceptors (Lipinski definition) is 3. The Morgan fingerprint density at radius 2 is 1.96 bits per heavy atom. The summed E-state index contributed by atoms with van der Waals surface area (Å²) in [5, 5.41) is 6.88. The van der Waals surface area contributed by atoms with Gasteiger partial charge in [-0.3, -0.25) is 4.99 Å². The predicted molar refractivity (Wildman–Crippen MR) is 123 cm³/mol. The predicted octanol–water partition coefficient (Wildman–Crippen LogP) is 4.41. The zero-order valence-corrected chi connectivity index (χ0v) is 19.3. The van der Waals surface area contributed by atoms with E-state index in [1.54, 1.807) is 26.3 Å². The molecule has 0 unspecified atom stereocenters. The third-order valence-corrected chi connectivity index (χ3v) is 4.19. The second-order valence-electron chi connectivity index (χ2n) is 5.74. The van der Waals surface area contributed by atoms with Gasteiger partial charge in [0.05, 0.1) is 18.7 Å². The molecule has 154 valence electrons. The molecule has 0 saturated heterocycles. The molecule has 0 aliphatic rings. The van der Waals surface area contributed by atoms with Crippen LogP contribution in [0.25, 0.3) is 0 Å². The van der Waals surface area contributed by atoms with Crippen LogP contribution >= 0.6 is 35.6 Å². The van der Waals surface area contributed by atoms with Crippen LogP contribution in [0.2, 0.25) is 5.02 Å². The molecule has 0 atom stereocenters. The van der Waals surface area contributed by atoms with E-state index in [1.807, 2.05) is 25.1 Å². The molecule has 0 spiro atoms. The van der Waals surface area contributed by atoms with Crippen molar-refractivity contribution in [2.75, 3.05) is 27.3 Å². The molecule has 0 bridgehead atoms. The fourth-order valence-corrected chi connectivity index (χ4v) is 2.87. The molecule has 2 rings (SSSR count). The van der Waals surface area contributed by atoms with E-state index in [1.165, 1.54) is 6.07 Å². The molecule has 0 fully saturated rings. The van der Waals surface area contributed by atoms with Crippen LogP contribution in [-0.2, 0) is 13.0 Å². The number of ether oxygens (including phenoxy) is 2. The first-order chi connectivity index (χ1) is 13.1. The Morgan fingerprint density at radius 1 is 1.21 bits per heavy atom. The topological polar surface area (TPSA) is 54.9 Å². The third kappa shape index (κ3) is 7.01. The number of rotatable bonds is 8. The summed E-state index contributed by atoms with van der Waals surface area (Å²) in [6, 6.07) is 10.5. The summed E-state index contributed by atoms with van der Waals surface area (Å²) in [4.78, 5) is 4.18. The van der Waals surface area contributed by atoms with Crippen molar-refractivity contribution in [2.45, 2.75) is 19.9 Å². The van der Waals surface area contributed by atoms with Gasteiger partial charge in [-0.2, -0.15) is 0 Å². The molecule has 0 aromatic heterocycles. The van der Waals surface area contributed by atoms with Gasteiger partial charge >= 0.3 is 0 Å². The minimum absolute atomic E-state index is 0. The highest BCUT2D eigenvalue weighted by molar-refractivity contribution is 14.0. The molecule has 2 aromatic rings. The SMILES string of the molecule is CCOc1c(Cl)cc(CNC(=NC)NCCc2ccccc2F)cc1OC.I. The number of aliphatic imine (C=N–C) groups is 1. The molecule has 0 radical (unpaired) electrons. The van der Waals surface area contributed by atoms with Crippen LogP contribution in [0.1, 0.15) is 18.1 Å². The highest BCUT2D eigenvalue weighted by atomic mass is 127. The van der Waals surface area contributed by atoms with Gasteiger partial charge in [-0.15, -0.1) is 24.0 Å². The van der Waals surface area contributed by atoms with Gasteiger partial charge in [0.25, 0.3) is 0 Å². The lowest BCUT2D eigenvalue weighted by Crippen LogP contribution is -2.37. The molecule has 0 aliphatic heterocycles. The summed E-state index contributed by atoms with van der Waals surface area (Å²) in [5.41, 5.74) is 1.60. The van der Waals surface area contributed by atoms with Crippen molar-refractivity contribution in [3.63, 3.8) is 0 Å². The van der Waals surface area contributed by atoms with E-state index in [0.717, 1.165) is 5.56 Å². The number of hydrogen-bond donors (Lipinski definition) is 2. The van der Waals surface area contributed by atoms with Gasteiger partial charge in [0.1, 0.15) is 5.82 Å². The van der Waals surface area contributed by atoms with Gasteiger partial charge in [-0.1, -0.05) is 29.8 Å². The molecule has 0 aliphatic carbocycles. The zero-order chi connectivity index (χ0) is 19.6. The van der Waals surface area contributed by atoms with E-state index in [2.05, 4.69) is 15.6 Å². The molecule has 2 N–H and O–H groups in total. The van der Waals surface area contributed by atoms with Crippen LogP contribution in [0.5, 0.6) is 11.5 Å². The molecule has 2 aromatic carbocycles. The van der Waals surface area contributed by atoms with E-state index in [-0.39, 0.29) is 29.8 Å². The van der Waals surface area contributed by atoms with Crippen molar-refractivity contribution in [3.8, 4) is 11.5 Å². The van der Waals surface area contributed by atoms with E-state index in [9.17, 15) is 4.39 Å². The maximum atomic E-state index is 13.7. The fourth-order valence-electron chi connectivity index (χ4n) is 2.58. The van der Waals surface area contributed by atoms with Crippen LogP contribution in [0, 0.1) is 5.82 Å². The number of nitrogens with one attached hydrogen (secondary N) is 2. The second kappa shape index (κ2) is 12.7. The summed E-state index contributed by atoms with van der Waals surface area (Å²) >= 11 is 6.29. The van der Waals surface area contributed by atoms with Crippen molar-refractivity contribution in [1.29, 1.82) is 0 Å². The van der Waals surface area contributed by atoms with E-state index in [4.69, 9.17) is 21.1 Å². The first-order valence-corrected chi connectivity index (χ1v) is 9.14. The van der Waals surface area contributed by atoms with Crippen LogP contribution in [-0.4, -0.2) is 33.3 Å². The Morgan fingerprint density at radius 3 is 2.61 bits per heavy atom. The molecule has 5 nitrogen and oxygen atoms in total. The van der Waals surface area contributed by atoms with E-state index < -0.39 is 0 Å². The van der Waals surface area contributed by atoms with Crippen LogP contribution in [0.4, 0.5) is 4.39 Å². The Hall–Kier alpha value is -1.74. The third-order valence-electron chi connectivity index (χ3n) is 3.91. The number of methoxy groups -OCH3 is 1. The van der Waals surface area contributed by atoms with Gasteiger partial charge in [-0.25, -0.2) is 4.39 Å². The molecule has 28 heavy (non-hydrogen) atoms. The first kappa shape index (κ1) is 24.3. The number of nitrogens with zero attached hydrogens (tertiary/aromatic N) is 1. The zero-order valence-electron chi connectivity index (χ0n) is 16.2. The van der Waals surface area contributed by atoms with Gasteiger partial charge in [-0.05, 0) is 42.7 Å². The summed E-state index contributed by atoms with van der Waals surface area (Å²) in [5.74, 6) is 1.55. The second-order valence-corrected chi connectivity index (χ2v) is 6.14. The van der Waals surface area contributed by atoms with Crippen LogP contribution in [0.15, 0.2) is 41.4 Å². The highest BCUT2D eigenvalue weighted by Crippen LogP contribution is 2.36. The molecule has 8 heteroatoms. The Labute approximate surface area is 187 Å². The first-order valence-electron chi connectivity index (χ1n) is 8.76. The molecule has 0 amide bonds. The number of guanidine groups is 1. The smallest absolute Gasteiger partial charge is 0.191 e. The van der Waals surface area contributed by atoms with Gasteiger partial charge < -0.3 is 20.1 Å². The molecule has 0 saturated carbocycles. The maximum absolute atomic E-state index is 13.7. The van der Waals surface area contributed by atoms with Crippen molar-refractivity contribution in [3.05, 3.63) is 58.4 Å². The van der Waals surface area contributed by atoms with Crippen molar-refractivity contribution >= 4 is 41.5 Å². The van der Waals surface area contributed by atoms with Crippen LogP contribution in [0.3, 0.4) is 0 Å². The average molecular weight is 522 g/mol. The molecular weight excluding hydrogens is 496 g/mol. The lowest BCUT2D eigenvalue weighted by atomic mass is 10.1. The van der Waals surface area contributed by atoms with E-state index in [0.29, 0.717) is 54.2 Å². The van der Waals surface area contributed by atoms with Crippen molar-refractivity contribution < 1.29 is 13.9 Å². The largest absolute Gasteiger partial charge is 0.493 e. The molecule has 0 heterocycles. The number of halogens is 3. The quantitative estimate of drug-likeness (QED) is 0.307. The molecular formula is C20H26ClFIN3O2. The minimum Gasteiger partial charge on any atom is -0.493 e. The Balaban J connectivity index is 0.00000392. The summed E-state index contributed by atoms with van der Waals surface area (Å²) < 4.78 is 24.5. The summed E-state index contributed by atoms with van der Waals surface area (Å²) in [6.45, 7) is 3.46. The standard InChI is InChI=1S/C20H25ClFN3O2.HI/c1-4-27-19-16(21)11-14(12-18(19)26-3)13-25-20(23-2)24-10-9-15-7-5-6-8-17(15)22;/h5-8,11-12H,4,9-10,13H2,1-3H3,(H2,23,24,25);1H. The van der Waals surface area contributed by atoms with E-state index >= 15 is 0 Å². The fraction of sp³-hybridized carbons (Fsp3) is 0.350. The average Bonchev–Trinajstić information content (AvgIpc) is 2.67. The van der Waals surface area contributed by atoms with Crippen molar-refractivity contribution in [1.82, 2.24) is 10.6 Å². The Bertz CT molecular complexity index is 790. The van der Waals surface area contributed by atoms with Crippen molar-refractivity contribution in [2.24, 2.45) is 4.99 Å². The summed E-state index contributed by atoms with van der Waals surface area (Å²) in [7, 11) is 3.26. The normalized spacial score (nSPS) is 10.8. The maximum Gasteiger partial charge on any atom is 0.191 e. The van der Waals surface area contributed by atoms with Gasteiger partial charge in [0.15, 0.2) is 17.5 Å². The highest BCUT2D eigenvalue weighted by Gasteiger charge is 2.12. The minimum atomic E-state index is -0.196. The van der Waals surface area contributed by atoms with Gasteiger partial charge in [0, 0.05) is 20.1 Å². The number of benzene rings is 2. The Kier molecular flexibility index (Phi) is 11.0. The lowest BCUT2D eigenvalue weighted by Gasteiger charge is -2.15.